The summed E-state index contributed by atoms with van der Waals surface area (Å²) in [5, 5.41) is 3.31. The summed E-state index contributed by atoms with van der Waals surface area (Å²) in [7, 11) is 0. The van der Waals surface area contributed by atoms with Crippen molar-refractivity contribution in [1.82, 2.24) is 10.2 Å². The fourth-order valence-electron chi connectivity index (χ4n) is 2.91. The van der Waals surface area contributed by atoms with Crippen molar-refractivity contribution in [2.75, 3.05) is 26.2 Å². The molecule has 3 N–H and O–H groups in total. The quantitative estimate of drug-likeness (QED) is 0.706. The lowest BCUT2D eigenvalue weighted by atomic mass is 9.91. The van der Waals surface area contributed by atoms with Crippen molar-refractivity contribution < 1.29 is 4.79 Å². The first kappa shape index (κ1) is 16.4. The average molecular weight is 269 g/mol. The van der Waals surface area contributed by atoms with Crippen LogP contribution in [0, 0.1) is 5.92 Å². The summed E-state index contributed by atoms with van der Waals surface area (Å²) in [5.41, 5.74) is 4.99. The SMILES string of the molecule is CCCNC(C)(CN1CCC(CCC)CC1)C(N)=O. The summed E-state index contributed by atoms with van der Waals surface area (Å²) in [6, 6.07) is 0. The van der Waals surface area contributed by atoms with Gasteiger partial charge < -0.3 is 16.0 Å². The molecule has 0 aliphatic carbocycles. The fraction of sp³-hybridized carbons (Fsp3) is 0.933. The van der Waals surface area contributed by atoms with Crippen LogP contribution >= 0.6 is 0 Å². The minimum Gasteiger partial charge on any atom is -0.368 e. The van der Waals surface area contributed by atoms with Gasteiger partial charge in [-0.15, -0.1) is 0 Å². The molecule has 0 bridgehead atoms. The topological polar surface area (TPSA) is 58.4 Å². The van der Waals surface area contributed by atoms with Gasteiger partial charge in [0, 0.05) is 6.54 Å². The number of amides is 1. The smallest absolute Gasteiger partial charge is 0.238 e. The summed E-state index contributed by atoms with van der Waals surface area (Å²) in [6.07, 6.45) is 6.16. The van der Waals surface area contributed by atoms with E-state index in [1.807, 2.05) is 6.92 Å². The van der Waals surface area contributed by atoms with Crippen molar-refractivity contribution in [3.63, 3.8) is 0 Å². The highest BCUT2D eigenvalue weighted by atomic mass is 16.1. The number of nitrogens with two attached hydrogens (primary N) is 1. The van der Waals surface area contributed by atoms with Crippen molar-refractivity contribution in [2.24, 2.45) is 11.7 Å². The van der Waals surface area contributed by atoms with Gasteiger partial charge in [-0.3, -0.25) is 4.79 Å². The molecule has 0 aromatic rings. The molecule has 0 radical (unpaired) electrons. The molecule has 0 spiro atoms. The van der Waals surface area contributed by atoms with Gasteiger partial charge in [0.15, 0.2) is 0 Å². The first-order valence-corrected chi connectivity index (χ1v) is 7.79. The molecular weight excluding hydrogens is 238 g/mol. The Hall–Kier alpha value is -0.610. The first-order valence-electron chi connectivity index (χ1n) is 7.79. The van der Waals surface area contributed by atoms with Crippen molar-refractivity contribution in [3.05, 3.63) is 0 Å². The highest BCUT2D eigenvalue weighted by molar-refractivity contribution is 5.84. The molecule has 1 amide bonds. The molecule has 1 atom stereocenters. The minimum absolute atomic E-state index is 0.239. The Morgan fingerprint density at radius 2 is 1.95 bits per heavy atom. The molecule has 4 nitrogen and oxygen atoms in total. The predicted octanol–water partition coefficient (Wildman–Crippen LogP) is 1.74. The summed E-state index contributed by atoms with van der Waals surface area (Å²) in [4.78, 5) is 14.1. The van der Waals surface area contributed by atoms with Gasteiger partial charge in [-0.2, -0.15) is 0 Å². The van der Waals surface area contributed by atoms with Crippen LogP contribution in [0.3, 0.4) is 0 Å². The Morgan fingerprint density at radius 3 is 2.42 bits per heavy atom. The number of hydrogen-bond acceptors (Lipinski definition) is 3. The number of nitrogens with zero attached hydrogens (tertiary/aromatic N) is 1. The molecule has 0 saturated carbocycles. The maximum Gasteiger partial charge on any atom is 0.238 e. The Bertz CT molecular complexity index is 275. The Morgan fingerprint density at radius 1 is 1.32 bits per heavy atom. The van der Waals surface area contributed by atoms with Crippen LogP contribution in [0.5, 0.6) is 0 Å². The number of primary amides is 1. The van der Waals surface area contributed by atoms with Gasteiger partial charge in [0.05, 0.1) is 0 Å². The van der Waals surface area contributed by atoms with E-state index in [9.17, 15) is 4.79 Å². The number of piperidine rings is 1. The van der Waals surface area contributed by atoms with E-state index in [1.165, 1.54) is 25.7 Å². The van der Waals surface area contributed by atoms with Crippen LogP contribution in [0.2, 0.25) is 0 Å². The Balaban J connectivity index is 2.45. The first-order chi connectivity index (χ1) is 9.01. The minimum atomic E-state index is -0.590. The second-order valence-corrected chi connectivity index (χ2v) is 6.13. The van der Waals surface area contributed by atoms with Gasteiger partial charge in [0.1, 0.15) is 5.54 Å². The third-order valence-electron chi connectivity index (χ3n) is 4.25. The monoisotopic (exact) mass is 269 g/mol. The maximum atomic E-state index is 11.7. The van der Waals surface area contributed by atoms with Gasteiger partial charge >= 0.3 is 0 Å². The van der Waals surface area contributed by atoms with Gasteiger partial charge in [-0.1, -0.05) is 26.7 Å². The Kier molecular flexibility index (Phi) is 6.80. The standard InChI is InChI=1S/C15H31N3O/c1-4-6-13-7-10-18(11-8-13)12-15(3,14(16)19)17-9-5-2/h13,17H,4-12H2,1-3H3,(H2,16,19). The number of nitrogens with one attached hydrogen (secondary N) is 1. The van der Waals surface area contributed by atoms with Crippen LogP contribution in [0.4, 0.5) is 0 Å². The molecule has 1 unspecified atom stereocenters. The van der Waals surface area contributed by atoms with E-state index in [-0.39, 0.29) is 5.91 Å². The molecule has 0 aromatic carbocycles. The lowest BCUT2D eigenvalue weighted by Gasteiger charge is -2.38. The van der Waals surface area contributed by atoms with E-state index in [1.54, 1.807) is 0 Å². The molecule has 1 fully saturated rings. The molecule has 0 aromatic heterocycles. The van der Waals surface area contributed by atoms with E-state index < -0.39 is 5.54 Å². The van der Waals surface area contributed by atoms with Crippen LogP contribution in [0.25, 0.3) is 0 Å². The zero-order valence-electron chi connectivity index (χ0n) is 12.9. The lowest BCUT2D eigenvalue weighted by Crippen LogP contribution is -2.60. The number of carbonyl (C=O) groups is 1. The number of likely N-dealkylation sites (tertiary alicyclic amines) is 1. The average Bonchev–Trinajstić information content (AvgIpc) is 2.39. The van der Waals surface area contributed by atoms with E-state index >= 15 is 0 Å². The number of hydrogen-bond donors (Lipinski definition) is 2. The molecular formula is C15H31N3O. The maximum absolute atomic E-state index is 11.7. The van der Waals surface area contributed by atoms with Gasteiger partial charge in [-0.05, 0) is 51.7 Å². The van der Waals surface area contributed by atoms with E-state index in [0.717, 1.165) is 38.5 Å². The molecule has 1 aliphatic heterocycles. The second kappa shape index (κ2) is 7.85. The third kappa shape index (κ3) is 5.11. The third-order valence-corrected chi connectivity index (χ3v) is 4.25. The molecule has 1 heterocycles. The highest BCUT2D eigenvalue weighted by Gasteiger charge is 2.33. The molecule has 19 heavy (non-hydrogen) atoms. The van der Waals surface area contributed by atoms with Crippen molar-refractivity contribution >= 4 is 5.91 Å². The summed E-state index contributed by atoms with van der Waals surface area (Å²) >= 11 is 0. The fourth-order valence-corrected chi connectivity index (χ4v) is 2.91. The van der Waals surface area contributed by atoms with Crippen LogP contribution < -0.4 is 11.1 Å². The second-order valence-electron chi connectivity index (χ2n) is 6.13. The normalized spacial score (nSPS) is 21.2. The van der Waals surface area contributed by atoms with E-state index in [0.29, 0.717) is 0 Å². The zero-order chi connectivity index (χ0) is 14.3. The van der Waals surface area contributed by atoms with Crippen molar-refractivity contribution in [1.29, 1.82) is 0 Å². The van der Waals surface area contributed by atoms with Crippen LogP contribution in [-0.2, 0) is 4.79 Å². The lowest BCUT2D eigenvalue weighted by molar-refractivity contribution is -0.124. The van der Waals surface area contributed by atoms with Gasteiger partial charge in [-0.25, -0.2) is 0 Å². The molecule has 1 saturated heterocycles. The Labute approximate surface area is 118 Å². The van der Waals surface area contributed by atoms with Crippen LogP contribution in [0.15, 0.2) is 0 Å². The van der Waals surface area contributed by atoms with E-state index in [4.69, 9.17) is 5.73 Å². The van der Waals surface area contributed by atoms with Gasteiger partial charge in [0.25, 0.3) is 0 Å². The van der Waals surface area contributed by atoms with Crippen LogP contribution in [0.1, 0.15) is 52.9 Å². The largest absolute Gasteiger partial charge is 0.368 e. The highest BCUT2D eigenvalue weighted by Crippen LogP contribution is 2.22. The van der Waals surface area contributed by atoms with Crippen molar-refractivity contribution in [2.45, 2.75) is 58.4 Å². The summed E-state index contributed by atoms with van der Waals surface area (Å²) < 4.78 is 0. The molecule has 1 rings (SSSR count). The zero-order valence-corrected chi connectivity index (χ0v) is 12.9. The summed E-state index contributed by atoms with van der Waals surface area (Å²) in [6.45, 7) is 10.1. The van der Waals surface area contributed by atoms with Gasteiger partial charge in [0.2, 0.25) is 5.91 Å². The van der Waals surface area contributed by atoms with Crippen LogP contribution in [-0.4, -0.2) is 42.5 Å². The van der Waals surface area contributed by atoms with Crippen molar-refractivity contribution in [3.8, 4) is 0 Å². The number of rotatable bonds is 8. The summed E-state index contributed by atoms with van der Waals surface area (Å²) in [5.74, 6) is 0.640. The molecule has 112 valence electrons. The molecule has 1 aliphatic rings. The van der Waals surface area contributed by atoms with E-state index in [2.05, 4.69) is 24.1 Å². The predicted molar refractivity (Wildman–Crippen MR) is 80.0 cm³/mol. The molecule has 4 heteroatoms. The number of carbonyl (C=O) groups excluding carboxylic acids is 1.